The largest absolute Gasteiger partial charge is 0.488 e. The van der Waals surface area contributed by atoms with E-state index in [9.17, 15) is 4.39 Å². The summed E-state index contributed by atoms with van der Waals surface area (Å²) in [6.07, 6.45) is 0.526. The Bertz CT molecular complexity index is 661. The van der Waals surface area contributed by atoms with Gasteiger partial charge in [-0.25, -0.2) is 4.39 Å². The number of rotatable bonds is 4. The van der Waals surface area contributed by atoms with Gasteiger partial charge in [0.15, 0.2) is 0 Å². The highest BCUT2D eigenvalue weighted by Crippen LogP contribution is 2.29. The summed E-state index contributed by atoms with van der Waals surface area (Å²) in [5.41, 5.74) is 8.19. The molecule has 21 heavy (non-hydrogen) atoms. The summed E-state index contributed by atoms with van der Waals surface area (Å²) >= 11 is 0. The first kappa shape index (κ1) is 13.8. The maximum Gasteiger partial charge on any atom is 0.142 e. The number of aromatic nitrogens is 1. The molecule has 3 rings (SSSR count). The predicted molar refractivity (Wildman–Crippen MR) is 76.9 cm³/mol. The molecule has 1 atom stereocenters. The smallest absolute Gasteiger partial charge is 0.142 e. The van der Waals surface area contributed by atoms with Crippen molar-refractivity contribution in [3.05, 3.63) is 53.1 Å². The fourth-order valence-electron chi connectivity index (χ4n) is 2.44. The molecule has 0 spiro atoms. The molecule has 0 amide bonds. The molecular weight excluding hydrogens is 271 g/mol. The van der Waals surface area contributed by atoms with Crippen molar-refractivity contribution in [2.24, 2.45) is 5.73 Å². The first-order valence-electron chi connectivity index (χ1n) is 6.90. The van der Waals surface area contributed by atoms with Crippen LogP contribution in [-0.4, -0.2) is 17.7 Å². The zero-order valence-electron chi connectivity index (χ0n) is 11.8. The van der Waals surface area contributed by atoms with Crippen LogP contribution >= 0.6 is 0 Å². The van der Waals surface area contributed by atoms with Gasteiger partial charge in [-0.3, -0.25) is 4.98 Å². The summed E-state index contributed by atoms with van der Waals surface area (Å²) < 4.78 is 24.7. The van der Waals surface area contributed by atoms with E-state index in [1.165, 1.54) is 12.1 Å². The van der Waals surface area contributed by atoms with Crippen molar-refractivity contribution in [1.29, 1.82) is 0 Å². The molecule has 0 radical (unpaired) electrons. The summed E-state index contributed by atoms with van der Waals surface area (Å²) in [4.78, 5) is 4.35. The number of nitrogens with two attached hydrogens (primary N) is 1. The van der Waals surface area contributed by atoms with Crippen LogP contribution in [0, 0.1) is 12.7 Å². The van der Waals surface area contributed by atoms with Crippen LogP contribution in [0.4, 0.5) is 4.39 Å². The molecule has 2 heterocycles. The average Bonchev–Trinajstić information content (AvgIpc) is 2.87. The number of hydrogen-bond acceptors (Lipinski definition) is 4. The lowest BCUT2D eigenvalue weighted by atomic mass is 10.1. The Labute approximate surface area is 122 Å². The van der Waals surface area contributed by atoms with E-state index in [2.05, 4.69) is 4.98 Å². The normalized spacial score (nSPS) is 16.4. The lowest BCUT2D eigenvalue weighted by Crippen LogP contribution is -2.23. The van der Waals surface area contributed by atoms with Crippen LogP contribution in [0.2, 0.25) is 0 Å². The number of halogens is 1. The van der Waals surface area contributed by atoms with Crippen LogP contribution in [0.5, 0.6) is 11.5 Å². The second kappa shape index (κ2) is 5.69. The number of ether oxygens (including phenoxy) is 2. The van der Waals surface area contributed by atoms with Crippen LogP contribution in [0.3, 0.4) is 0 Å². The third kappa shape index (κ3) is 2.97. The molecule has 0 saturated carbocycles. The highest BCUT2D eigenvalue weighted by molar-refractivity contribution is 5.38. The molecule has 5 heteroatoms. The number of hydrogen-bond donors (Lipinski definition) is 1. The summed E-state index contributed by atoms with van der Waals surface area (Å²) in [6.45, 7) is 2.62. The van der Waals surface area contributed by atoms with Crippen molar-refractivity contribution < 1.29 is 13.9 Å². The summed E-state index contributed by atoms with van der Waals surface area (Å²) in [5.74, 6) is 1.16. The Kier molecular flexibility index (Phi) is 3.75. The van der Waals surface area contributed by atoms with Crippen LogP contribution in [0.15, 0.2) is 30.3 Å². The molecule has 2 aromatic rings. The van der Waals surface area contributed by atoms with E-state index in [0.717, 1.165) is 22.7 Å². The first-order chi connectivity index (χ1) is 10.2. The number of pyridine rings is 1. The van der Waals surface area contributed by atoms with Gasteiger partial charge in [-0.05, 0) is 37.3 Å². The molecule has 0 saturated heterocycles. The molecule has 4 nitrogen and oxygen atoms in total. The molecule has 1 aliphatic rings. The maximum atomic E-state index is 13.2. The molecular formula is C16H17FN2O2. The van der Waals surface area contributed by atoms with Crippen LogP contribution in [0.25, 0.3) is 0 Å². The highest BCUT2D eigenvalue weighted by Gasteiger charge is 2.24. The Morgan fingerprint density at radius 3 is 3.05 bits per heavy atom. The van der Waals surface area contributed by atoms with Crippen molar-refractivity contribution in [3.8, 4) is 11.5 Å². The van der Waals surface area contributed by atoms with Gasteiger partial charge in [-0.2, -0.15) is 0 Å². The SMILES string of the molecule is Cc1ccc(OCC2Cc3cc(F)ccc3O2)c(CN)n1. The van der Waals surface area contributed by atoms with Crippen molar-refractivity contribution in [3.63, 3.8) is 0 Å². The van der Waals surface area contributed by atoms with E-state index >= 15 is 0 Å². The quantitative estimate of drug-likeness (QED) is 0.938. The second-order valence-electron chi connectivity index (χ2n) is 5.11. The van der Waals surface area contributed by atoms with Crippen LogP contribution < -0.4 is 15.2 Å². The Hall–Kier alpha value is -2.14. The van der Waals surface area contributed by atoms with E-state index in [1.54, 1.807) is 6.07 Å². The van der Waals surface area contributed by atoms with Gasteiger partial charge < -0.3 is 15.2 Å². The van der Waals surface area contributed by atoms with Crippen LogP contribution in [0.1, 0.15) is 17.0 Å². The lowest BCUT2D eigenvalue weighted by molar-refractivity contribution is 0.147. The molecule has 1 aromatic carbocycles. The van der Waals surface area contributed by atoms with Crippen molar-refractivity contribution >= 4 is 0 Å². The monoisotopic (exact) mass is 288 g/mol. The van der Waals surface area contributed by atoms with Gasteiger partial charge in [-0.15, -0.1) is 0 Å². The van der Waals surface area contributed by atoms with Crippen LogP contribution in [-0.2, 0) is 13.0 Å². The Morgan fingerprint density at radius 1 is 1.38 bits per heavy atom. The molecule has 1 unspecified atom stereocenters. The molecule has 0 bridgehead atoms. The first-order valence-corrected chi connectivity index (χ1v) is 6.90. The minimum Gasteiger partial charge on any atom is -0.488 e. The van der Waals surface area contributed by atoms with E-state index in [0.29, 0.717) is 25.3 Å². The van der Waals surface area contributed by atoms with Gasteiger partial charge in [0, 0.05) is 24.2 Å². The van der Waals surface area contributed by atoms with Gasteiger partial charge in [0.05, 0.1) is 5.69 Å². The van der Waals surface area contributed by atoms with Gasteiger partial charge in [0.1, 0.15) is 30.0 Å². The topological polar surface area (TPSA) is 57.4 Å². The number of aryl methyl sites for hydroxylation is 1. The molecule has 1 aromatic heterocycles. The minimum absolute atomic E-state index is 0.117. The van der Waals surface area contributed by atoms with Gasteiger partial charge in [0.25, 0.3) is 0 Å². The van der Waals surface area contributed by atoms with Gasteiger partial charge >= 0.3 is 0 Å². The third-order valence-electron chi connectivity index (χ3n) is 3.45. The Morgan fingerprint density at radius 2 is 2.24 bits per heavy atom. The van der Waals surface area contributed by atoms with E-state index in [1.807, 2.05) is 19.1 Å². The fraction of sp³-hybridized carbons (Fsp3) is 0.312. The fourth-order valence-corrected chi connectivity index (χ4v) is 2.44. The molecule has 2 N–H and O–H groups in total. The molecule has 110 valence electrons. The minimum atomic E-state index is -0.243. The molecule has 1 aliphatic heterocycles. The van der Waals surface area contributed by atoms with Gasteiger partial charge in [0.2, 0.25) is 0 Å². The Balaban J connectivity index is 1.65. The maximum absolute atomic E-state index is 13.2. The average molecular weight is 288 g/mol. The standard InChI is InChI=1S/C16H17FN2O2/c1-10-2-4-16(14(8-18)19-10)20-9-13-7-11-6-12(17)3-5-15(11)21-13/h2-6,13H,7-9,18H2,1H3. The van der Waals surface area contributed by atoms with E-state index in [4.69, 9.17) is 15.2 Å². The van der Waals surface area contributed by atoms with E-state index in [-0.39, 0.29) is 11.9 Å². The molecule has 0 fully saturated rings. The summed E-state index contributed by atoms with van der Waals surface area (Å²) in [6, 6.07) is 8.32. The highest BCUT2D eigenvalue weighted by atomic mass is 19.1. The second-order valence-corrected chi connectivity index (χ2v) is 5.11. The summed E-state index contributed by atoms with van der Waals surface area (Å²) in [5, 5.41) is 0. The van der Waals surface area contributed by atoms with Crippen molar-refractivity contribution in [1.82, 2.24) is 4.98 Å². The predicted octanol–water partition coefficient (Wildman–Crippen LogP) is 2.37. The third-order valence-corrected chi connectivity index (χ3v) is 3.45. The summed E-state index contributed by atoms with van der Waals surface area (Å²) in [7, 11) is 0. The number of fused-ring (bicyclic) bond motifs is 1. The number of nitrogens with zero attached hydrogens (tertiary/aromatic N) is 1. The van der Waals surface area contributed by atoms with Gasteiger partial charge in [-0.1, -0.05) is 0 Å². The molecule has 0 aliphatic carbocycles. The lowest BCUT2D eigenvalue weighted by Gasteiger charge is -2.14. The number of benzene rings is 1. The zero-order chi connectivity index (χ0) is 14.8. The van der Waals surface area contributed by atoms with Crippen molar-refractivity contribution in [2.45, 2.75) is 26.0 Å². The van der Waals surface area contributed by atoms with Crippen molar-refractivity contribution in [2.75, 3.05) is 6.61 Å². The zero-order valence-corrected chi connectivity index (χ0v) is 11.8. The van der Waals surface area contributed by atoms with E-state index < -0.39 is 0 Å².